The number of benzene rings is 1. The van der Waals surface area contributed by atoms with Crippen molar-refractivity contribution in [3.63, 3.8) is 0 Å². The molecule has 1 saturated heterocycles. The van der Waals surface area contributed by atoms with Crippen LogP contribution in [0.1, 0.15) is 20.5 Å². The molecule has 0 aliphatic carbocycles. The van der Waals surface area contributed by atoms with Crippen molar-refractivity contribution in [1.29, 1.82) is 0 Å². The zero-order chi connectivity index (χ0) is 16.6. The van der Waals surface area contributed by atoms with Crippen molar-refractivity contribution in [3.8, 4) is 0 Å². The van der Waals surface area contributed by atoms with Crippen LogP contribution in [0.25, 0.3) is 0 Å². The molecule has 1 aromatic heterocycles. The number of nitrogens with zero attached hydrogens (tertiary/aromatic N) is 1. The molecule has 23 heavy (non-hydrogen) atoms. The maximum Gasteiger partial charge on any atom is 0.256 e. The van der Waals surface area contributed by atoms with Gasteiger partial charge in [-0.05, 0) is 29.6 Å². The van der Waals surface area contributed by atoms with Gasteiger partial charge in [0.15, 0.2) is 9.84 Å². The Bertz CT molecular complexity index is 836. The van der Waals surface area contributed by atoms with Gasteiger partial charge in [0.25, 0.3) is 5.91 Å². The first-order valence-electron chi connectivity index (χ1n) is 6.88. The Balaban J connectivity index is 1.88. The minimum Gasteiger partial charge on any atom is -0.336 e. The molecule has 0 radical (unpaired) electrons. The average Bonchev–Trinajstić information content (AvgIpc) is 3.00. The van der Waals surface area contributed by atoms with Crippen LogP contribution in [0.3, 0.4) is 0 Å². The summed E-state index contributed by atoms with van der Waals surface area (Å²) in [7, 11) is -3.31. The van der Waals surface area contributed by atoms with Crippen LogP contribution in [-0.4, -0.2) is 38.1 Å². The Hall–Kier alpha value is -1.44. The van der Waals surface area contributed by atoms with Gasteiger partial charge in [0.05, 0.1) is 11.3 Å². The maximum atomic E-state index is 13.9. The average molecular weight is 374 g/mol. The third kappa shape index (κ3) is 3.27. The second-order valence-electron chi connectivity index (χ2n) is 5.25. The molecular weight excluding hydrogens is 361 g/mol. The molecule has 0 saturated carbocycles. The third-order valence-electron chi connectivity index (χ3n) is 3.77. The fourth-order valence-corrected chi connectivity index (χ4v) is 5.61. The number of amides is 1. The highest BCUT2D eigenvalue weighted by molar-refractivity contribution is 7.91. The first-order chi connectivity index (χ1) is 10.9. The summed E-state index contributed by atoms with van der Waals surface area (Å²) in [6.45, 7) is 0.0921. The van der Waals surface area contributed by atoms with Crippen LogP contribution in [0.15, 0.2) is 35.7 Å². The first-order valence-corrected chi connectivity index (χ1v) is 9.85. The van der Waals surface area contributed by atoms with Crippen molar-refractivity contribution < 1.29 is 17.6 Å². The molecule has 2 aromatic rings. The molecule has 122 valence electrons. The van der Waals surface area contributed by atoms with Gasteiger partial charge < -0.3 is 4.90 Å². The molecular formula is C15H13ClFNO3S2. The minimum atomic E-state index is -3.31. The molecule has 0 spiro atoms. The van der Waals surface area contributed by atoms with E-state index in [-0.39, 0.29) is 29.4 Å². The molecule has 0 unspecified atom stereocenters. The molecule has 0 bridgehead atoms. The molecule has 4 nitrogen and oxygen atoms in total. The van der Waals surface area contributed by atoms with Crippen LogP contribution in [0.5, 0.6) is 0 Å². The van der Waals surface area contributed by atoms with Crippen LogP contribution in [0, 0.1) is 5.82 Å². The summed E-state index contributed by atoms with van der Waals surface area (Å²) in [5.41, 5.74) is -0.0985. The van der Waals surface area contributed by atoms with Gasteiger partial charge in [-0.25, -0.2) is 12.8 Å². The number of rotatable bonds is 2. The fraction of sp³-hybridized carbons (Fsp3) is 0.267. The Morgan fingerprint density at radius 1 is 1.35 bits per heavy atom. The molecule has 1 aromatic carbocycles. The largest absolute Gasteiger partial charge is 0.336 e. The maximum absolute atomic E-state index is 13.9. The monoisotopic (exact) mass is 373 g/mol. The smallest absolute Gasteiger partial charge is 0.256 e. The highest BCUT2D eigenvalue weighted by Crippen LogP contribution is 2.32. The van der Waals surface area contributed by atoms with E-state index in [1.54, 1.807) is 17.5 Å². The summed E-state index contributed by atoms with van der Waals surface area (Å²) in [6, 6.07) is 7.35. The Kier molecular flexibility index (Phi) is 4.44. The summed E-state index contributed by atoms with van der Waals surface area (Å²) >= 11 is 7.03. The summed E-state index contributed by atoms with van der Waals surface area (Å²) in [4.78, 5) is 14.6. The highest BCUT2D eigenvalue weighted by Gasteiger charge is 2.37. The van der Waals surface area contributed by atoms with Gasteiger partial charge >= 0.3 is 0 Å². The van der Waals surface area contributed by atoms with Gasteiger partial charge in [-0.2, -0.15) is 0 Å². The quantitative estimate of drug-likeness (QED) is 0.812. The van der Waals surface area contributed by atoms with E-state index in [1.165, 1.54) is 28.4 Å². The lowest BCUT2D eigenvalue weighted by Gasteiger charge is -2.32. The number of sulfone groups is 1. The summed E-state index contributed by atoms with van der Waals surface area (Å²) in [5, 5.41) is 1.25. The standard InChI is InChI=1S/C15H13ClFNO3S2/c16-10-3-4-11(12(17)8-10)15(19)18-5-7-23(20,21)14(9-18)13-2-1-6-22-13/h1-4,6,8,14H,5,7,9H2/t14-/m0/s1. The predicted molar refractivity (Wildman–Crippen MR) is 88.2 cm³/mol. The molecule has 1 aliphatic heterocycles. The molecule has 1 fully saturated rings. The molecule has 2 heterocycles. The van der Waals surface area contributed by atoms with Crippen molar-refractivity contribution in [2.75, 3.05) is 18.8 Å². The van der Waals surface area contributed by atoms with E-state index in [0.717, 1.165) is 6.07 Å². The van der Waals surface area contributed by atoms with Gasteiger partial charge in [0, 0.05) is 23.0 Å². The fourth-order valence-electron chi connectivity index (χ4n) is 2.54. The Morgan fingerprint density at radius 2 is 2.13 bits per heavy atom. The number of hydrogen-bond donors (Lipinski definition) is 0. The number of carbonyl (C=O) groups excluding carboxylic acids is 1. The van der Waals surface area contributed by atoms with Crippen molar-refractivity contribution in [3.05, 3.63) is 57.0 Å². The number of hydrogen-bond acceptors (Lipinski definition) is 4. The molecule has 8 heteroatoms. The van der Waals surface area contributed by atoms with Gasteiger partial charge in [-0.15, -0.1) is 11.3 Å². The molecule has 3 rings (SSSR count). The molecule has 1 aliphatic rings. The number of carbonyl (C=O) groups is 1. The van der Waals surface area contributed by atoms with E-state index in [0.29, 0.717) is 4.88 Å². The van der Waals surface area contributed by atoms with Crippen LogP contribution in [0.2, 0.25) is 5.02 Å². The van der Waals surface area contributed by atoms with E-state index in [1.807, 2.05) is 0 Å². The van der Waals surface area contributed by atoms with Crippen LogP contribution in [-0.2, 0) is 9.84 Å². The van der Waals surface area contributed by atoms with Crippen LogP contribution in [0.4, 0.5) is 4.39 Å². The topological polar surface area (TPSA) is 54.5 Å². The molecule has 0 N–H and O–H groups in total. The van der Waals surface area contributed by atoms with E-state index >= 15 is 0 Å². The van der Waals surface area contributed by atoms with Gasteiger partial charge in [-0.1, -0.05) is 17.7 Å². The predicted octanol–water partition coefficient (Wildman–Crippen LogP) is 3.15. The Morgan fingerprint density at radius 3 is 2.78 bits per heavy atom. The van der Waals surface area contributed by atoms with Crippen LogP contribution < -0.4 is 0 Å². The SMILES string of the molecule is O=C(c1ccc(Cl)cc1F)N1CCS(=O)(=O)[C@H](c2cccs2)C1. The lowest BCUT2D eigenvalue weighted by atomic mass is 10.1. The third-order valence-corrected chi connectivity index (χ3v) is 7.17. The normalized spacial score (nSPS) is 20.4. The van der Waals surface area contributed by atoms with Crippen molar-refractivity contribution >= 4 is 38.7 Å². The number of halogens is 2. The zero-order valence-corrected chi connectivity index (χ0v) is 14.3. The summed E-state index contributed by atoms with van der Waals surface area (Å²) in [5.74, 6) is -1.35. The van der Waals surface area contributed by atoms with Crippen molar-refractivity contribution in [2.45, 2.75) is 5.25 Å². The van der Waals surface area contributed by atoms with Crippen molar-refractivity contribution in [1.82, 2.24) is 4.90 Å². The first kappa shape index (κ1) is 16.4. The van der Waals surface area contributed by atoms with Crippen molar-refractivity contribution in [2.24, 2.45) is 0 Å². The van der Waals surface area contributed by atoms with E-state index in [9.17, 15) is 17.6 Å². The summed E-state index contributed by atoms with van der Waals surface area (Å²) < 4.78 is 38.5. The second-order valence-corrected chi connectivity index (χ2v) is 8.97. The van der Waals surface area contributed by atoms with Gasteiger partial charge in [-0.3, -0.25) is 4.79 Å². The van der Waals surface area contributed by atoms with Gasteiger partial charge in [0.2, 0.25) is 0 Å². The zero-order valence-electron chi connectivity index (χ0n) is 11.9. The lowest BCUT2D eigenvalue weighted by Crippen LogP contribution is -2.45. The molecule has 1 atom stereocenters. The summed E-state index contributed by atoms with van der Waals surface area (Å²) in [6.07, 6.45) is 0. The van der Waals surface area contributed by atoms with E-state index in [2.05, 4.69) is 0 Å². The van der Waals surface area contributed by atoms with E-state index in [4.69, 9.17) is 11.6 Å². The lowest BCUT2D eigenvalue weighted by molar-refractivity contribution is 0.0754. The molecule has 1 amide bonds. The Labute approximate surface area is 142 Å². The van der Waals surface area contributed by atoms with E-state index < -0.39 is 26.8 Å². The van der Waals surface area contributed by atoms with Gasteiger partial charge in [0.1, 0.15) is 11.1 Å². The van der Waals surface area contributed by atoms with Crippen LogP contribution >= 0.6 is 22.9 Å². The minimum absolute atomic E-state index is 0.0315. The highest BCUT2D eigenvalue weighted by atomic mass is 35.5. The number of thiophene rings is 1. The second kappa shape index (κ2) is 6.22.